The Bertz CT molecular complexity index is 147. The zero-order valence-electron chi connectivity index (χ0n) is 8.48. The van der Waals surface area contributed by atoms with Crippen LogP contribution in [0.25, 0.3) is 0 Å². The molecule has 1 saturated heterocycles. The Morgan fingerprint density at radius 2 is 1.58 bits per heavy atom. The van der Waals surface area contributed by atoms with Gasteiger partial charge in [-0.15, -0.1) is 0 Å². The van der Waals surface area contributed by atoms with Crippen LogP contribution < -0.4 is 0 Å². The van der Waals surface area contributed by atoms with Gasteiger partial charge >= 0.3 is 0 Å². The van der Waals surface area contributed by atoms with E-state index in [1.165, 1.54) is 12.8 Å². The summed E-state index contributed by atoms with van der Waals surface area (Å²) in [4.78, 5) is 0. The normalized spacial score (nSPS) is 28.8. The zero-order chi connectivity index (χ0) is 9.41. The highest BCUT2D eigenvalue weighted by molar-refractivity contribution is 9.09. The molecule has 1 nitrogen and oxygen atoms in total. The predicted octanol–water partition coefficient (Wildman–Crippen LogP) is 3.37. The molecule has 12 heavy (non-hydrogen) atoms. The molecule has 0 radical (unpaired) electrons. The number of halogens is 1. The summed E-state index contributed by atoms with van der Waals surface area (Å²) in [5, 5.41) is 1.10. The predicted molar refractivity (Wildman–Crippen MR) is 55.8 cm³/mol. The van der Waals surface area contributed by atoms with E-state index in [4.69, 9.17) is 4.74 Å². The van der Waals surface area contributed by atoms with Crippen LogP contribution in [-0.2, 0) is 4.74 Å². The van der Waals surface area contributed by atoms with Gasteiger partial charge in [0.15, 0.2) is 0 Å². The van der Waals surface area contributed by atoms with E-state index in [0.717, 1.165) is 11.2 Å². The van der Waals surface area contributed by atoms with E-state index in [1.54, 1.807) is 0 Å². The van der Waals surface area contributed by atoms with Crippen molar-refractivity contribution in [2.75, 3.05) is 5.33 Å². The van der Waals surface area contributed by atoms with Crippen LogP contribution in [0.4, 0.5) is 0 Å². The monoisotopic (exact) mass is 234 g/mol. The lowest BCUT2D eigenvalue weighted by atomic mass is 9.82. The van der Waals surface area contributed by atoms with Crippen molar-refractivity contribution in [2.45, 2.75) is 51.7 Å². The van der Waals surface area contributed by atoms with Crippen molar-refractivity contribution < 1.29 is 4.74 Å². The minimum Gasteiger partial charge on any atom is -0.370 e. The smallest absolute Gasteiger partial charge is 0.0636 e. The van der Waals surface area contributed by atoms with Crippen molar-refractivity contribution in [2.24, 2.45) is 5.92 Å². The Kier molecular flexibility index (Phi) is 2.89. The second-order valence-corrected chi connectivity index (χ2v) is 5.70. The highest BCUT2D eigenvalue weighted by Crippen LogP contribution is 2.38. The first-order valence-corrected chi connectivity index (χ1v) is 5.73. The van der Waals surface area contributed by atoms with Gasteiger partial charge in [-0.1, -0.05) is 15.9 Å². The molecule has 0 saturated carbocycles. The fraction of sp³-hybridized carbons (Fsp3) is 1.00. The number of rotatable bonds is 1. The first-order chi connectivity index (χ1) is 5.35. The minimum absolute atomic E-state index is 0.0557. The fourth-order valence-corrected chi connectivity index (χ4v) is 2.86. The van der Waals surface area contributed by atoms with Gasteiger partial charge in [0.25, 0.3) is 0 Å². The van der Waals surface area contributed by atoms with Crippen LogP contribution in [0.3, 0.4) is 0 Å². The first-order valence-electron chi connectivity index (χ1n) is 4.61. The molecule has 2 heteroatoms. The van der Waals surface area contributed by atoms with Crippen molar-refractivity contribution in [3.63, 3.8) is 0 Å². The Labute approximate surface area is 84.0 Å². The fourth-order valence-electron chi connectivity index (χ4n) is 2.40. The maximum Gasteiger partial charge on any atom is 0.0636 e. The summed E-state index contributed by atoms with van der Waals surface area (Å²) in [5.41, 5.74) is 0.111. The third kappa shape index (κ3) is 2.74. The molecule has 0 N–H and O–H groups in total. The maximum absolute atomic E-state index is 5.97. The van der Waals surface area contributed by atoms with E-state index >= 15 is 0 Å². The van der Waals surface area contributed by atoms with E-state index in [1.807, 2.05) is 0 Å². The van der Waals surface area contributed by atoms with E-state index in [2.05, 4.69) is 43.6 Å². The lowest BCUT2D eigenvalue weighted by Gasteiger charge is -2.45. The standard InChI is InChI=1S/C10H19BrO/c1-9(2)5-8(7-11)6-10(3,4)12-9/h8H,5-7H2,1-4H3. The average Bonchev–Trinajstić information content (AvgIpc) is 1.80. The molecule has 0 unspecified atom stereocenters. The molecule has 1 aliphatic heterocycles. The SMILES string of the molecule is CC1(C)CC(CBr)CC(C)(C)O1. The van der Waals surface area contributed by atoms with Crippen molar-refractivity contribution in [3.8, 4) is 0 Å². The Morgan fingerprint density at radius 3 is 1.92 bits per heavy atom. The largest absolute Gasteiger partial charge is 0.370 e. The molecule has 0 aromatic heterocycles. The summed E-state index contributed by atoms with van der Waals surface area (Å²) < 4.78 is 5.97. The molecule has 1 rings (SSSR count). The van der Waals surface area contributed by atoms with Gasteiger partial charge in [-0.3, -0.25) is 0 Å². The second-order valence-electron chi connectivity index (χ2n) is 5.05. The molecular weight excluding hydrogens is 216 g/mol. The van der Waals surface area contributed by atoms with E-state index in [-0.39, 0.29) is 11.2 Å². The second kappa shape index (κ2) is 3.30. The minimum atomic E-state index is 0.0557. The molecule has 1 heterocycles. The van der Waals surface area contributed by atoms with Crippen molar-refractivity contribution in [3.05, 3.63) is 0 Å². The molecule has 0 aliphatic carbocycles. The summed E-state index contributed by atoms with van der Waals surface area (Å²) in [6.45, 7) is 8.74. The lowest BCUT2D eigenvalue weighted by molar-refractivity contribution is -0.169. The number of alkyl halides is 1. The number of ether oxygens (including phenoxy) is 1. The van der Waals surface area contributed by atoms with Gasteiger partial charge in [-0.2, -0.15) is 0 Å². The van der Waals surface area contributed by atoms with Gasteiger partial charge in [-0.05, 0) is 46.5 Å². The Hall–Kier alpha value is 0.440. The van der Waals surface area contributed by atoms with Crippen LogP contribution in [-0.4, -0.2) is 16.5 Å². The maximum atomic E-state index is 5.97. The van der Waals surface area contributed by atoms with Gasteiger partial charge in [0.2, 0.25) is 0 Å². The van der Waals surface area contributed by atoms with Crippen LogP contribution in [0, 0.1) is 5.92 Å². The first kappa shape index (κ1) is 10.5. The molecule has 0 aromatic carbocycles. The van der Waals surface area contributed by atoms with Crippen molar-refractivity contribution >= 4 is 15.9 Å². The van der Waals surface area contributed by atoms with E-state index in [9.17, 15) is 0 Å². The molecule has 0 atom stereocenters. The van der Waals surface area contributed by atoms with Gasteiger partial charge in [0.1, 0.15) is 0 Å². The number of hydrogen-bond donors (Lipinski definition) is 0. The van der Waals surface area contributed by atoms with Gasteiger partial charge < -0.3 is 4.74 Å². The molecule has 0 amide bonds. The summed E-state index contributed by atoms with van der Waals surface area (Å²) in [6.07, 6.45) is 2.34. The Balaban J connectivity index is 2.66. The van der Waals surface area contributed by atoms with Crippen LogP contribution >= 0.6 is 15.9 Å². The quantitative estimate of drug-likeness (QED) is 0.633. The van der Waals surface area contributed by atoms with E-state index < -0.39 is 0 Å². The molecule has 0 aromatic rings. The zero-order valence-corrected chi connectivity index (χ0v) is 10.1. The van der Waals surface area contributed by atoms with Crippen molar-refractivity contribution in [1.82, 2.24) is 0 Å². The number of hydrogen-bond acceptors (Lipinski definition) is 1. The summed E-state index contributed by atoms with van der Waals surface area (Å²) in [6, 6.07) is 0. The summed E-state index contributed by atoms with van der Waals surface area (Å²) in [5.74, 6) is 0.767. The van der Waals surface area contributed by atoms with Gasteiger partial charge in [-0.25, -0.2) is 0 Å². The van der Waals surface area contributed by atoms with E-state index in [0.29, 0.717) is 0 Å². The van der Waals surface area contributed by atoms with Crippen LogP contribution in [0.15, 0.2) is 0 Å². The van der Waals surface area contributed by atoms with Crippen LogP contribution in [0.1, 0.15) is 40.5 Å². The highest BCUT2D eigenvalue weighted by atomic mass is 79.9. The topological polar surface area (TPSA) is 9.23 Å². The average molecular weight is 235 g/mol. The van der Waals surface area contributed by atoms with Gasteiger partial charge in [0.05, 0.1) is 11.2 Å². The molecule has 0 bridgehead atoms. The third-order valence-corrected chi connectivity index (χ3v) is 3.25. The van der Waals surface area contributed by atoms with Crippen LogP contribution in [0.2, 0.25) is 0 Å². The lowest BCUT2D eigenvalue weighted by Crippen LogP contribution is -2.45. The molecule has 72 valence electrons. The summed E-state index contributed by atoms with van der Waals surface area (Å²) >= 11 is 3.56. The Morgan fingerprint density at radius 1 is 1.17 bits per heavy atom. The molecular formula is C10H19BrO. The summed E-state index contributed by atoms with van der Waals surface area (Å²) in [7, 11) is 0. The molecule has 0 spiro atoms. The van der Waals surface area contributed by atoms with Gasteiger partial charge in [0, 0.05) is 5.33 Å². The third-order valence-electron chi connectivity index (χ3n) is 2.33. The van der Waals surface area contributed by atoms with Crippen molar-refractivity contribution in [1.29, 1.82) is 0 Å². The van der Waals surface area contributed by atoms with Crippen LogP contribution in [0.5, 0.6) is 0 Å². The molecule has 1 aliphatic rings. The highest BCUT2D eigenvalue weighted by Gasteiger charge is 2.38. The molecule has 1 fully saturated rings.